The van der Waals surface area contributed by atoms with Crippen molar-refractivity contribution in [3.63, 3.8) is 0 Å². The molecule has 98 valence electrons. The van der Waals surface area contributed by atoms with Gasteiger partial charge in [0.2, 0.25) is 0 Å². The molecule has 1 aliphatic heterocycles. The lowest BCUT2D eigenvalue weighted by molar-refractivity contribution is -0.870. The standard InChI is InChI=1S/C7H15NO.C5H14NO/c1-7(9)8-5-3-2-4-6-8;1-6(2,3)4-5-7/h7,9H,2-6H2,1H3;7H,4-5H2,1-3H3/q;+1. The van der Waals surface area contributed by atoms with E-state index in [4.69, 9.17) is 10.2 Å². The first kappa shape index (κ1) is 15.8. The summed E-state index contributed by atoms with van der Waals surface area (Å²) in [6.07, 6.45) is 3.62. The van der Waals surface area contributed by atoms with Gasteiger partial charge in [-0.15, -0.1) is 0 Å². The van der Waals surface area contributed by atoms with Gasteiger partial charge in [0.05, 0.1) is 27.7 Å². The van der Waals surface area contributed by atoms with Gasteiger partial charge in [0.1, 0.15) is 12.8 Å². The van der Waals surface area contributed by atoms with Gasteiger partial charge in [-0.05, 0) is 19.8 Å². The van der Waals surface area contributed by atoms with Gasteiger partial charge in [-0.25, -0.2) is 0 Å². The highest BCUT2D eigenvalue weighted by Gasteiger charge is 2.12. The summed E-state index contributed by atoms with van der Waals surface area (Å²) in [5, 5.41) is 17.5. The van der Waals surface area contributed by atoms with Crippen LogP contribution in [0.2, 0.25) is 0 Å². The molecule has 4 nitrogen and oxygen atoms in total. The number of nitrogens with zero attached hydrogens (tertiary/aromatic N) is 2. The monoisotopic (exact) mass is 233 g/mol. The van der Waals surface area contributed by atoms with Gasteiger partial charge in [-0.1, -0.05) is 6.42 Å². The largest absolute Gasteiger partial charge is 0.391 e. The molecule has 0 aromatic rings. The van der Waals surface area contributed by atoms with Gasteiger partial charge >= 0.3 is 0 Å². The minimum atomic E-state index is -0.231. The second kappa shape index (κ2) is 8.01. The molecule has 16 heavy (non-hydrogen) atoms. The van der Waals surface area contributed by atoms with Crippen LogP contribution in [0.5, 0.6) is 0 Å². The summed E-state index contributed by atoms with van der Waals surface area (Å²) in [6, 6.07) is 0. The molecule has 1 heterocycles. The number of hydrogen-bond acceptors (Lipinski definition) is 3. The summed E-state index contributed by atoms with van der Waals surface area (Å²) in [6.45, 7) is 5.12. The number of piperidine rings is 1. The van der Waals surface area contributed by atoms with E-state index in [0.29, 0.717) is 0 Å². The van der Waals surface area contributed by atoms with Crippen LogP contribution in [0, 0.1) is 0 Å². The van der Waals surface area contributed by atoms with Crippen molar-refractivity contribution in [2.45, 2.75) is 32.4 Å². The second-order valence-corrected chi connectivity index (χ2v) is 5.47. The number of quaternary nitrogens is 1. The first-order valence-corrected chi connectivity index (χ1v) is 6.20. The van der Waals surface area contributed by atoms with Crippen LogP contribution in [0.4, 0.5) is 0 Å². The Morgan fingerprint density at radius 3 is 1.81 bits per heavy atom. The van der Waals surface area contributed by atoms with Gasteiger partial charge in [-0.2, -0.15) is 0 Å². The van der Waals surface area contributed by atoms with E-state index in [0.717, 1.165) is 24.1 Å². The van der Waals surface area contributed by atoms with Crippen molar-refractivity contribution in [1.29, 1.82) is 0 Å². The molecule has 4 heteroatoms. The molecule has 1 saturated heterocycles. The Balaban J connectivity index is 0.000000293. The third kappa shape index (κ3) is 9.09. The molecule has 0 amide bonds. The number of aliphatic hydroxyl groups is 2. The molecule has 1 unspecified atom stereocenters. The van der Waals surface area contributed by atoms with Crippen molar-refractivity contribution in [1.82, 2.24) is 4.90 Å². The lowest BCUT2D eigenvalue weighted by atomic mass is 10.1. The molecule has 0 aliphatic carbocycles. The summed E-state index contributed by atoms with van der Waals surface area (Å²) < 4.78 is 0.844. The van der Waals surface area contributed by atoms with E-state index in [9.17, 15) is 0 Å². The Bertz CT molecular complexity index is 161. The van der Waals surface area contributed by atoms with E-state index in [1.165, 1.54) is 19.3 Å². The van der Waals surface area contributed by atoms with E-state index in [2.05, 4.69) is 26.0 Å². The summed E-state index contributed by atoms with van der Waals surface area (Å²) in [5.41, 5.74) is 0. The van der Waals surface area contributed by atoms with Crippen LogP contribution in [0.25, 0.3) is 0 Å². The molecular weight excluding hydrogens is 204 g/mol. The van der Waals surface area contributed by atoms with Crippen molar-refractivity contribution >= 4 is 0 Å². The Morgan fingerprint density at radius 2 is 1.62 bits per heavy atom. The van der Waals surface area contributed by atoms with Gasteiger partial charge in [0.15, 0.2) is 0 Å². The zero-order valence-electron chi connectivity index (χ0n) is 11.3. The maximum atomic E-state index is 9.10. The fourth-order valence-corrected chi connectivity index (χ4v) is 1.59. The molecule has 1 atom stereocenters. The molecule has 0 bridgehead atoms. The zero-order valence-corrected chi connectivity index (χ0v) is 11.3. The second-order valence-electron chi connectivity index (χ2n) is 5.47. The SMILES string of the molecule is CC(O)N1CCCCC1.C[N+](C)(C)CCO. The molecule has 0 aromatic carbocycles. The van der Waals surface area contributed by atoms with Crippen LogP contribution < -0.4 is 0 Å². The zero-order chi connectivity index (χ0) is 12.6. The fraction of sp³-hybridized carbons (Fsp3) is 1.00. The molecule has 1 rings (SSSR count). The number of rotatable bonds is 3. The van der Waals surface area contributed by atoms with Gasteiger partial charge in [0, 0.05) is 13.1 Å². The maximum Gasteiger partial charge on any atom is 0.104 e. The van der Waals surface area contributed by atoms with Crippen molar-refractivity contribution in [3.05, 3.63) is 0 Å². The maximum absolute atomic E-state index is 9.10. The summed E-state index contributed by atoms with van der Waals surface area (Å²) in [7, 11) is 6.16. The molecule has 0 radical (unpaired) electrons. The molecule has 0 saturated carbocycles. The van der Waals surface area contributed by atoms with Crippen molar-refractivity contribution < 1.29 is 14.7 Å². The van der Waals surface area contributed by atoms with E-state index >= 15 is 0 Å². The van der Waals surface area contributed by atoms with E-state index in [-0.39, 0.29) is 12.8 Å². The number of likely N-dealkylation sites (N-methyl/N-ethyl adjacent to an activating group) is 1. The third-order valence-corrected chi connectivity index (χ3v) is 2.69. The smallest absolute Gasteiger partial charge is 0.104 e. The summed E-state index contributed by atoms with van der Waals surface area (Å²) in [5.74, 6) is 0. The fourth-order valence-electron chi connectivity index (χ4n) is 1.59. The van der Waals surface area contributed by atoms with E-state index in [1.54, 1.807) is 0 Å². The molecule has 2 N–H and O–H groups in total. The van der Waals surface area contributed by atoms with E-state index < -0.39 is 0 Å². The highest BCUT2D eigenvalue weighted by molar-refractivity contribution is 4.64. The highest BCUT2D eigenvalue weighted by atomic mass is 16.3. The summed E-state index contributed by atoms with van der Waals surface area (Å²) in [4.78, 5) is 2.11. The molecule has 0 aromatic heterocycles. The average Bonchev–Trinajstić information content (AvgIpc) is 2.18. The number of likely N-dealkylation sites (tertiary alicyclic amines) is 1. The number of aliphatic hydroxyl groups excluding tert-OH is 2. The molecule has 0 spiro atoms. The predicted molar refractivity (Wildman–Crippen MR) is 67.1 cm³/mol. The number of hydrogen-bond donors (Lipinski definition) is 2. The van der Waals surface area contributed by atoms with Crippen LogP contribution in [-0.2, 0) is 0 Å². The van der Waals surface area contributed by atoms with Crippen LogP contribution >= 0.6 is 0 Å². The van der Waals surface area contributed by atoms with Crippen molar-refractivity contribution in [2.24, 2.45) is 0 Å². The predicted octanol–water partition coefficient (Wildman–Crippen LogP) is 0.496. The summed E-state index contributed by atoms with van der Waals surface area (Å²) >= 11 is 0. The molecular formula is C12H29N2O2+. The Kier molecular flexibility index (Phi) is 7.93. The first-order chi connectivity index (χ1) is 7.37. The highest BCUT2D eigenvalue weighted by Crippen LogP contribution is 2.09. The minimum Gasteiger partial charge on any atom is -0.391 e. The quantitative estimate of drug-likeness (QED) is 0.698. The van der Waals surface area contributed by atoms with Crippen LogP contribution in [0.3, 0.4) is 0 Å². The van der Waals surface area contributed by atoms with Gasteiger partial charge in [0.25, 0.3) is 0 Å². The van der Waals surface area contributed by atoms with Crippen molar-refractivity contribution in [2.75, 3.05) is 47.4 Å². The van der Waals surface area contributed by atoms with E-state index in [1.807, 2.05) is 6.92 Å². The minimum absolute atomic E-state index is 0.231. The molecule has 1 fully saturated rings. The molecule has 1 aliphatic rings. The van der Waals surface area contributed by atoms with Crippen molar-refractivity contribution in [3.8, 4) is 0 Å². The van der Waals surface area contributed by atoms with Crippen LogP contribution in [-0.4, -0.2) is 73.2 Å². The topological polar surface area (TPSA) is 43.7 Å². The first-order valence-electron chi connectivity index (χ1n) is 6.20. The van der Waals surface area contributed by atoms with Crippen LogP contribution in [0.15, 0.2) is 0 Å². The van der Waals surface area contributed by atoms with Gasteiger partial charge in [-0.3, -0.25) is 4.90 Å². The Labute approximate surface area is 100 Å². The Morgan fingerprint density at radius 1 is 1.12 bits per heavy atom. The third-order valence-electron chi connectivity index (χ3n) is 2.69. The van der Waals surface area contributed by atoms with Gasteiger partial charge < -0.3 is 14.7 Å². The normalized spacial score (nSPS) is 19.9. The lowest BCUT2D eigenvalue weighted by Gasteiger charge is -2.28. The average molecular weight is 233 g/mol. The Hall–Kier alpha value is -0.160. The lowest BCUT2D eigenvalue weighted by Crippen LogP contribution is -2.36. The van der Waals surface area contributed by atoms with Crippen LogP contribution in [0.1, 0.15) is 26.2 Å².